The summed E-state index contributed by atoms with van der Waals surface area (Å²) in [6.45, 7) is 6.57. The van der Waals surface area contributed by atoms with Crippen LogP contribution < -0.4 is 0 Å². The van der Waals surface area contributed by atoms with Gasteiger partial charge in [-0.1, -0.05) is 255 Å². The van der Waals surface area contributed by atoms with Gasteiger partial charge in [-0.2, -0.15) is 0 Å². The van der Waals surface area contributed by atoms with Crippen LogP contribution in [0.2, 0.25) is 0 Å². The molecule has 0 aliphatic carbocycles. The molecule has 0 saturated heterocycles. The highest BCUT2D eigenvalue weighted by Gasteiger charge is 2.19. The zero-order valence-electron chi connectivity index (χ0n) is 45.8. The van der Waals surface area contributed by atoms with E-state index < -0.39 is 6.10 Å². The summed E-state index contributed by atoms with van der Waals surface area (Å²) in [4.78, 5) is 38.0. The minimum atomic E-state index is -0.778. The fraction of sp³-hybridized carbons (Fsp3) is 0.794. The van der Waals surface area contributed by atoms with Crippen LogP contribution in [0.1, 0.15) is 303 Å². The molecule has 0 N–H and O–H groups in total. The van der Waals surface area contributed by atoms with Crippen molar-refractivity contribution < 1.29 is 28.6 Å². The van der Waals surface area contributed by atoms with E-state index in [1.165, 1.54) is 173 Å². The van der Waals surface area contributed by atoms with Crippen LogP contribution in [0.3, 0.4) is 0 Å². The number of unbranched alkanes of at least 4 members (excludes halogenated alkanes) is 33. The van der Waals surface area contributed by atoms with Crippen molar-refractivity contribution >= 4 is 17.9 Å². The molecule has 0 heterocycles. The molecule has 0 amide bonds. The van der Waals surface area contributed by atoms with Crippen LogP contribution in [0.5, 0.6) is 0 Å². The second kappa shape index (κ2) is 57.7. The van der Waals surface area contributed by atoms with Gasteiger partial charge in [-0.15, -0.1) is 0 Å². The van der Waals surface area contributed by atoms with Crippen molar-refractivity contribution in [2.45, 2.75) is 309 Å². The Hall–Kier alpha value is -2.89. The topological polar surface area (TPSA) is 78.9 Å². The molecule has 6 heteroatoms. The minimum Gasteiger partial charge on any atom is -0.462 e. The van der Waals surface area contributed by atoms with Crippen LogP contribution in [0.15, 0.2) is 60.8 Å². The molecule has 0 aliphatic rings. The largest absolute Gasteiger partial charge is 0.462 e. The van der Waals surface area contributed by atoms with Gasteiger partial charge in [0.05, 0.1) is 0 Å². The predicted octanol–water partition coefficient (Wildman–Crippen LogP) is 20.0. The summed E-state index contributed by atoms with van der Waals surface area (Å²) in [7, 11) is 0. The van der Waals surface area contributed by atoms with Gasteiger partial charge in [0.1, 0.15) is 13.2 Å². The molecule has 69 heavy (non-hydrogen) atoms. The monoisotopic (exact) mass is 965 g/mol. The van der Waals surface area contributed by atoms with Crippen LogP contribution in [0.25, 0.3) is 0 Å². The molecule has 0 bridgehead atoms. The number of carbonyl (C=O) groups is 3. The maximum Gasteiger partial charge on any atom is 0.306 e. The molecule has 0 fully saturated rings. The molecule has 0 radical (unpaired) electrons. The van der Waals surface area contributed by atoms with Gasteiger partial charge in [-0.3, -0.25) is 14.4 Å². The molecule has 0 rings (SSSR count). The Morgan fingerprint density at radius 1 is 0.290 bits per heavy atom. The van der Waals surface area contributed by atoms with Gasteiger partial charge < -0.3 is 14.2 Å². The van der Waals surface area contributed by atoms with E-state index in [1.807, 2.05) is 0 Å². The number of ether oxygens (including phenoxy) is 3. The third-order valence-electron chi connectivity index (χ3n) is 13.0. The molecule has 1 atom stereocenters. The first-order valence-corrected chi connectivity index (χ1v) is 29.8. The molecule has 1 unspecified atom stereocenters. The van der Waals surface area contributed by atoms with Crippen molar-refractivity contribution in [3.63, 3.8) is 0 Å². The fourth-order valence-electron chi connectivity index (χ4n) is 8.48. The van der Waals surface area contributed by atoms with Crippen molar-refractivity contribution in [1.29, 1.82) is 0 Å². The van der Waals surface area contributed by atoms with Crippen LogP contribution in [0, 0.1) is 0 Å². The number of hydrogen-bond donors (Lipinski definition) is 0. The smallest absolute Gasteiger partial charge is 0.306 e. The molecule has 0 aromatic heterocycles. The number of allylic oxidation sites excluding steroid dienone is 10. The second-order valence-electron chi connectivity index (χ2n) is 19.9. The summed E-state index contributed by atoms with van der Waals surface area (Å²) >= 11 is 0. The lowest BCUT2D eigenvalue weighted by Crippen LogP contribution is -2.30. The first-order chi connectivity index (χ1) is 34.0. The Kier molecular flexibility index (Phi) is 55.3. The van der Waals surface area contributed by atoms with E-state index in [0.717, 1.165) is 89.9 Å². The van der Waals surface area contributed by atoms with Crippen LogP contribution in [-0.2, 0) is 28.6 Å². The highest BCUT2D eigenvalue weighted by Crippen LogP contribution is 2.16. The Morgan fingerprint density at radius 3 is 0.841 bits per heavy atom. The van der Waals surface area contributed by atoms with E-state index in [4.69, 9.17) is 14.2 Å². The fourth-order valence-corrected chi connectivity index (χ4v) is 8.48. The summed E-state index contributed by atoms with van der Waals surface area (Å²) in [5.74, 6) is -0.887. The van der Waals surface area contributed by atoms with Gasteiger partial charge in [0.2, 0.25) is 0 Å². The second-order valence-corrected chi connectivity index (χ2v) is 19.9. The maximum atomic E-state index is 12.8. The lowest BCUT2D eigenvalue weighted by molar-refractivity contribution is -0.167. The highest BCUT2D eigenvalue weighted by atomic mass is 16.6. The van der Waals surface area contributed by atoms with Gasteiger partial charge >= 0.3 is 17.9 Å². The molecule has 0 aromatic rings. The molecular formula is C63H112O6. The molecule has 0 aromatic carbocycles. The first-order valence-electron chi connectivity index (χ1n) is 29.8. The van der Waals surface area contributed by atoms with E-state index in [2.05, 4.69) is 81.5 Å². The Balaban J connectivity index is 4.16. The van der Waals surface area contributed by atoms with Crippen LogP contribution >= 0.6 is 0 Å². The quantitative estimate of drug-likeness (QED) is 0.0262. The van der Waals surface area contributed by atoms with Crippen molar-refractivity contribution in [1.82, 2.24) is 0 Å². The third kappa shape index (κ3) is 55.9. The van der Waals surface area contributed by atoms with Crippen molar-refractivity contribution in [3.8, 4) is 0 Å². The Morgan fingerprint density at radius 2 is 0.522 bits per heavy atom. The van der Waals surface area contributed by atoms with Gasteiger partial charge in [0, 0.05) is 19.3 Å². The highest BCUT2D eigenvalue weighted by molar-refractivity contribution is 5.71. The van der Waals surface area contributed by atoms with E-state index in [9.17, 15) is 14.4 Å². The van der Waals surface area contributed by atoms with E-state index in [0.29, 0.717) is 19.3 Å². The summed E-state index contributed by atoms with van der Waals surface area (Å²) < 4.78 is 16.8. The number of rotatable bonds is 54. The molecule has 0 spiro atoms. The summed E-state index contributed by atoms with van der Waals surface area (Å²) in [6, 6.07) is 0. The molecule has 0 saturated carbocycles. The Labute approximate surface area is 428 Å². The molecule has 0 aliphatic heterocycles. The molecular weight excluding hydrogens is 853 g/mol. The normalized spacial score (nSPS) is 12.4. The van der Waals surface area contributed by atoms with Crippen molar-refractivity contribution in [2.24, 2.45) is 0 Å². The van der Waals surface area contributed by atoms with E-state index in [-0.39, 0.29) is 31.1 Å². The lowest BCUT2D eigenvalue weighted by Gasteiger charge is -2.18. The van der Waals surface area contributed by atoms with Crippen LogP contribution in [0.4, 0.5) is 0 Å². The van der Waals surface area contributed by atoms with E-state index >= 15 is 0 Å². The standard InChI is InChI=1S/C63H112O6/c1-4-7-10-13-16-18-20-22-24-26-28-29-30-31-32-33-35-36-38-40-42-44-47-50-53-56-62(65)68-59-60(58-67-61(64)55-52-49-46-15-12-9-6-3)69-63(66)57-54-51-48-45-43-41-39-37-34-27-25-23-21-19-17-14-11-8-5-2/h17,19-20,22-23,25-26,28,34,37,60H,4-16,18,21,24,27,29-33,35-36,38-59H2,1-3H3/b19-17-,22-20-,25-23-,28-26-,37-34-. The average molecular weight is 966 g/mol. The number of carbonyl (C=O) groups excluding carboxylic acids is 3. The third-order valence-corrected chi connectivity index (χ3v) is 13.0. The number of esters is 3. The summed E-state index contributed by atoms with van der Waals surface area (Å²) in [5, 5.41) is 0. The average Bonchev–Trinajstić information content (AvgIpc) is 3.35. The Bertz CT molecular complexity index is 1250. The first kappa shape index (κ1) is 66.1. The zero-order chi connectivity index (χ0) is 50.0. The van der Waals surface area contributed by atoms with Crippen LogP contribution in [-0.4, -0.2) is 37.2 Å². The summed E-state index contributed by atoms with van der Waals surface area (Å²) in [5.41, 5.74) is 0. The molecule has 6 nitrogen and oxygen atoms in total. The zero-order valence-corrected chi connectivity index (χ0v) is 45.8. The van der Waals surface area contributed by atoms with Gasteiger partial charge in [0.15, 0.2) is 6.10 Å². The maximum absolute atomic E-state index is 12.8. The van der Waals surface area contributed by atoms with Gasteiger partial charge in [0.25, 0.3) is 0 Å². The number of hydrogen-bond acceptors (Lipinski definition) is 6. The predicted molar refractivity (Wildman–Crippen MR) is 298 cm³/mol. The molecule has 400 valence electrons. The van der Waals surface area contributed by atoms with Crippen molar-refractivity contribution in [3.05, 3.63) is 60.8 Å². The van der Waals surface area contributed by atoms with E-state index in [1.54, 1.807) is 0 Å². The summed E-state index contributed by atoms with van der Waals surface area (Å²) in [6.07, 6.45) is 72.4. The van der Waals surface area contributed by atoms with Gasteiger partial charge in [-0.25, -0.2) is 0 Å². The van der Waals surface area contributed by atoms with Gasteiger partial charge in [-0.05, 0) is 89.9 Å². The minimum absolute atomic E-state index is 0.0780. The lowest BCUT2D eigenvalue weighted by atomic mass is 10.0. The SMILES string of the molecule is CCCCC/C=C\C/C=C\C/C=C\CCCCCCCCC(=O)OC(COC(=O)CCCCCCCCC)COC(=O)CCCCCCCCCCCCCCC/C=C\C/C=C\CCCCCCC. The van der Waals surface area contributed by atoms with Crippen molar-refractivity contribution in [2.75, 3.05) is 13.2 Å².